The van der Waals surface area contributed by atoms with Gasteiger partial charge in [-0.15, -0.1) is 13.2 Å². The fourth-order valence-electron chi connectivity index (χ4n) is 4.43. The van der Waals surface area contributed by atoms with Gasteiger partial charge in [0.25, 0.3) is 0 Å². The molecule has 0 radical (unpaired) electrons. The van der Waals surface area contributed by atoms with Crippen molar-refractivity contribution in [1.29, 1.82) is 0 Å². The predicted molar refractivity (Wildman–Crippen MR) is 145 cm³/mol. The number of alkyl halides is 3. The molecule has 1 aliphatic rings. The summed E-state index contributed by atoms with van der Waals surface area (Å²) in [6.07, 6.45) is -4.15. The minimum absolute atomic E-state index is 0.117. The number of nitrogens with zero attached hydrogens (tertiary/aromatic N) is 2. The van der Waals surface area contributed by atoms with Gasteiger partial charge in [0.2, 0.25) is 0 Å². The number of halogens is 3. The fourth-order valence-corrected chi connectivity index (χ4v) is 4.43. The average Bonchev–Trinajstić information content (AvgIpc) is 2.85. The maximum atomic E-state index is 13.5. The van der Waals surface area contributed by atoms with Gasteiger partial charge in [-0.05, 0) is 72.4 Å². The number of urea groups is 2. The lowest BCUT2D eigenvalue weighted by Crippen LogP contribution is -2.49. The van der Waals surface area contributed by atoms with E-state index in [1.807, 2.05) is 37.3 Å². The van der Waals surface area contributed by atoms with Gasteiger partial charge in [0.15, 0.2) is 0 Å². The largest absolute Gasteiger partial charge is 0.573 e. The van der Waals surface area contributed by atoms with E-state index in [0.717, 1.165) is 11.1 Å². The van der Waals surface area contributed by atoms with Gasteiger partial charge < -0.3 is 20.3 Å². The highest BCUT2D eigenvalue weighted by molar-refractivity contribution is 6.04. The molecule has 0 aliphatic carbocycles. The van der Waals surface area contributed by atoms with Crippen LogP contribution < -0.4 is 20.3 Å². The summed E-state index contributed by atoms with van der Waals surface area (Å²) in [5, 5.41) is 5.69. The molecule has 0 bridgehead atoms. The number of ether oxygens (including phenoxy) is 1. The first-order valence-electron chi connectivity index (χ1n) is 12.7. The van der Waals surface area contributed by atoms with Crippen LogP contribution >= 0.6 is 0 Å². The van der Waals surface area contributed by atoms with Crippen molar-refractivity contribution in [3.05, 3.63) is 83.4 Å². The van der Waals surface area contributed by atoms with E-state index in [4.69, 9.17) is 0 Å². The second-order valence-electron chi connectivity index (χ2n) is 9.78. The highest BCUT2D eigenvalue weighted by Gasteiger charge is 2.32. The number of rotatable bonds is 7. The summed E-state index contributed by atoms with van der Waals surface area (Å²) in [4.78, 5) is 29.4. The summed E-state index contributed by atoms with van der Waals surface area (Å²) >= 11 is 0. The molecule has 4 rings (SSSR count). The maximum absolute atomic E-state index is 13.5. The second kappa shape index (κ2) is 11.7. The smallest absolute Gasteiger partial charge is 0.406 e. The number of carbonyl (C=O) groups is 2. The SMILES string of the molecule is Cc1ccc(N2CCCN(Cc3cccc(OC(F)(F)F)c3)C2=O)c(NC(=O)Nc2ccc(C(C)C)cc2)c1. The zero-order valence-corrected chi connectivity index (χ0v) is 22.0. The summed E-state index contributed by atoms with van der Waals surface area (Å²) < 4.78 is 41.9. The Morgan fingerprint density at radius 1 is 1.00 bits per heavy atom. The molecule has 0 spiro atoms. The highest BCUT2D eigenvalue weighted by atomic mass is 19.4. The molecule has 0 unspecified atom stereocenters. The van der Waals surface area contributed by atoms with Gasteiger partial charge in [-0.25, -0.2) is 9.59 Å². The molecule has 0 aromatic heterocycles. The standard InChI is InChI=1S/C29H31F3N4O3/c1-19(2)22-9-11-23(12-10-22)33-27(37)34-25-16-20(3)8-13-26(25)36-15-5-14-35(28(36)38)18-21-6-4-7-24(17-21)39-29(30,31)32/h4,6-13,16-17,19H,5,14-15,18H2,1-3H3,(H2,33,34,37). The van der Waals surface area contributed by atoms with Crippen LogP contribution in [0.1, 0.15) is 42.9 Å². The number of carbonyl (C=O) groups excluding carboxylic acids is 2. The van der Waals surface area contributed by atoms with Crippen molar-refractivity contribution >= 4 is 29.1 Å². The molecule has 1 aliphatic heterocycles. The first kappa shape index (κ1) is 27.8. The Balaban J connectivity index is 1.48. The average molecular weight is 541 g/mol. The second-order valence-corrected chi connectivity index (χ2v) is 9.78. The number of anilines is 3. The molecule has 7 nitrogen and oxygen atoms in total. The number of amides is 4. The minimum Gasteiger partial charge on any atom is -0.406 e. The van der Waals surface area contributed by atoms with Crippen molar-refractivity contribution in [3.63, 3.8) is 0 Å². The van der Waals surface area contributed by atoms with Gasteiger partial charge in [0, 0.05) is 25.3 Å². The molecule has 1 fully saturated rings. The third-order valence-electron chi connectivity index (χ3n) is 6.34. The molecule has 0 atom stereocenters. The van der Waals surface area contributed by atoms with E-state index < -0.39 is 12.4 Å². The van der Waals surface area contributed by atoms with Crippen molar-refractivity contribution in [2.75, 3.05) is 28.6 Å². The van der Waals surface area contributed by atoms with Crippen LogP contribution in [0, 0.1) is 6.92 Å². The topological polar surface area (TPSA) is 73.9 Å². The zero-order chi connectivity index (χ0) is 28.2. The molecule has 10 heteroatoms. The van der Waals surface area contributed by atoms with Crippen LogP contribution in [0.15, 0.2) is 66.7 Å². The Morgan fingerprint density at radius 3 is 2.44 bits per heavy atom. The lowest BCUT2D eigenvalue weighted by Gasteiger charge is -2.36. The predicted octanol–water partition coefficient (Wildman–Crippen LogP) is 7.49. The van der Waals surface area contributed by atoms with Crippen molar-refractivity contribution in [1.82, 2.24) is 4.90 Å². The van der Waals surface area contributed by atoms with Gasteiger partial charge in [-0.1, -0.05) is 44.2 Å². The maximum Gasteiger partial charge on any atom is 0.573 e. The number of aryl methyl sites for hydroxylation is 1. The van der Waals surface area contributed by atoms with E-state index in [1.165, 1.54) is 18.2 Å². The lowest BCUT2D eigenvalue weighted by atomic mass is 10.0. The van der Waals surface area contributed by atoms with Gasteiger partial charge in [0.1, 0.15) is 5.75 Å². The molecule has 2 N–H and O–H groups in total. The van der Waals surface area contributed by atoms with Crippen molar-refractivity contribution in [2.24, 2.45) is 0 Å². The molecule has 206 valence electrons. The van der Waals surface area contributed by atoms with E-state index in [2.05, 4.69) is 29.2 Å². The van der Waals surface area contributed by atoms with Crippen LogP contribution in [-0.2, 0) is 6.54 Å². The Hall–Kier alpha value is -4.21. The Bertz CT molecular complexity index is 1330. The summed E-state index contributed by atoms with van der Waals surface area (Å²) in [5.74, 6) is 0.0396. The van der Waals surface area contributed by atoms with E-state index in [1.54, 1.807) is 28.0 Å². The summed E-state index contributed by atoms with van der Waals surface area (Å²) in [6, 6.07) is 17.9. The van der Waals surface area contributed by atoms with Crippen molar-refractivity contribution < 1.29 is 27.5 Å². The van der Waals surface area contributed by atoms with E-state index in [0.29, 0.717) is 48.1 Å². The van der Waals surface area contributed by atoms with Crippen LogP contribution in [0.4, 0.5) is 39.8 Å². The molecule has 4 amide bonds. The van der Waals surface area contributed by atoms with Crippen LogP contribution in [0.2, 0.25) is 0 Å². The first-order chi connectivity index (χ1) is 18.5. The van der Waals surface area contributed by atoms with Crippen molar-refractivity contribution in [3.8, 4) is 5.75 Å². The Labute approximate surface area is 225 Å². The van der Waals surface area contributed by atoms with Crippen LogP contribution in [0.25, 0.3) is 0 Å². The molecule has 39 heavy (non-hydrogen) atoms. The first-order valence-corrected chi connectivity index (χ1v) is 12.7. The van der Waals surface area contributed by atoms with Crippen LogP contribution in [0.3, 0.4) is 0 Å². The van der Waals surface area contributed by atoms with E-state index in [9.17, 15) is 22.8 Å². The van der Waals surface area contributed by atoms with Crippen LogP contribution in [-0.4, -0.2) is 36.4 Å². The minimum atomic E-state index is -4.80. The van der Waals surface area contributed by atoms with Crippen LogP contribution in [0.5, 0.6) is 5.75 Å². The normalized spacial score (nSPS) is 14.0. The molecular weight excluding hydrogens is 509 g/mol. The molecule has 3 aromatic carbocycles. The molecule has 1 saturated heterocycles. The molecular formula is C29H31F3N4O3. The third kappa shape index (κ3) is 7.43. The van der Waals surface area contributed by atoms with Gasteiger partial charge >= 0.3 is 18.4 Å². The Morgan fingerprint density at radius 2 is 1.74 bits per heavy atom. The fraction of sp³-hybridized carbons (Fsp3) is 0.310. The summed E-state index contributed by atoms with van der Waals surface area (Å²) in [5.41, 5.74) is 4.23. The molecule has 0 saturated carbocycles. The highest BCUT2D eigenvalue weighted by Crippen LogP contribution is 2.31. The quantitative estimate of drug-likeness (QED) is 0.326. The third-order valence-corrected chi connectivity index (χ3v) is 6.34. The number of hydrogen-bond acceptors (Lipinski definition) is 3. The monoisotopic (exact) mass is 540 g/mol. The van der Waals surface area contributed by atoms with Gasteiger partial charge in [0.05, 0.1) is 11.4 Å². The summed E-state index contributed by atoms with van der Waals surface area (Å²) in [7, 11) is 0. The number of benzene rings is 3. The number of hydrogen-bond donors (Lipinski definition) is 2. The zero-order valence-electron chi connectivity index (χ0n) is 22.0. The number of nitrogens with one attached hydrogen (secondary N) is 2. The van der Waals surface area contributed by atoms with E-state index >= 15 is 0 Å². The van der Waals surface area contributed by atoms with Gasteiger partial charge in [-0.2, -0.15) is 0 Å². The molecule has 1 heterocycles. The van der Waals surface area contributed by atoms with E-state index in [-0.39, 0.29) is 18.3 Å². The van der Waals surface area contributed by atoms with Gasteiger partial charge in [-0.3, -0.25) is 4.90 Å². The molecule has 3 aromatic rings. The summed E-state index contributed by atoms with van der Waals surface area (Å²) in [6.45, 7) is 7.07. The lowest BCUT2D eigenvalue weighted by molar-refractivity contribution is -0.274. The van der Waals surface area contributed by atoms with Crippen molar-refractivity contribution in [2.45, 2.75) is 46.0 Å². The Kier molecular flexibility index (Phi) is 8.32.